The number of anilines is 1. The summed E-state index contributed by atoms with van der Waals surface area (Å²) in [4.78, 5) is 35.8. The molecule has 0 saturated carbocycles. The van der Waals surface area contributed by atoms with E-state index in [2.05, 4.69) is 22.1 Å². The third-order valence-corrected chi connectivity index (χ3v) is 4.66. The minimum Gasteiger partial charge on any atom is -0.348 e. The number of amides is 1. The van der Waals surface area contributed by atoms with Crippen molar-refractivity contribution in [3.05, 3.63) is 33.8 Å². The number of carbonyl (C=O) groups is 1. The molecule has 0 bridgehead atoms. The fraction of sp³-hybridized carbons (Fsp3) is 0.588. The van der Waals surface area contributed by atoms with Crippen LogP contribution in [0.1, 0.15) is 30.5 Å². The number of allylic oxidation sites excluding steroid dienone is 2. The minimum absolute atomic E-state index is 0.0771. The van der Waals surface area contributed by atoms with Gasteiger partial charge in [-0.1, -0.05) is 12.2 Å². The summed E-state index contributed by atoms with van der Waals surface area (Å²) < 4.78 is 0. The van der Waals surface area contributed by atoms with Gasteiger partial charge in [0.2, 0.25) is 11.9 Å². The van der Waals surface area contributed by atoms with E-state index in [1.807, 2.05) is 19.0 Å². The Morgan fingerprint density at radius 1 is 1.39 bits per heavy atom. The monoisotopic (exact) mass is 316 g/mol. The maximum absolute atomic E-state index is 12.5. The van der Waals surface area contributed by atoms with Crippen LogP contribution in [0.2, 0.25) is 0 Å². The van der Waals surface area contributed by atoms with Crippen LogP contribution in [0.5, 0.6) is 0 Å². The number of hydrogen-bond donors (Lipinski definition) is 1. The van der Waals surface area contributed by atoms with E-state index in [1.54, 1.807) is 4.90 Å². The number of rotatable bonds is 3. The first-order valence-electron chi connectivity index (χ1n) is 8.28. The molecule has 6 nitrogen and oxygen atoms in total. The summed E-state index contributed by atoms with van der Waals surface area (Å²) in [5.41, 5.74) is 1.48. The van der Waals surface area contributed by atoms with Crippen LogP contribution in [0.25, 0.3) is 0 Å². The number of aromatic nitrogens is 2. The quantitative estimate of drug-likeness (QED) is 0.849. The zero-order valence-corrected chi connectivity index (χ0v) is 13.8. The fourth-order valence-electron chi connectivity index (χ4n) is 3.28. The number of H-pyrrole nitrogens is 1. The van der Waals surface area contributed by atoms with Gasteiger partial charge in [0.15, 0.2) is 0 Å². The van der Waals surface area contributed by atoms with E-state index in [9.17, 15) is 9.59 Å². The van der Waals surface area contributed by atoms with Crippen LogP contribution in [0.3, 0.4) is 0 Å². The van der Waals surface area contributed by atoms with Gasteiger partial charge in [-0.25, -0.2) is 4.98 Å². The molecule has 2 aliphatic rings. The highest BCUT2D eigenvalue weighted by atomic mass is 16.2. The van der Waals surface area contributed by atoms with Crippen LogP contribution in [0.4, 0.5) is 5.95 Å². The maximum atomic E-state index is 12.5. The number of hydrogen-bond acceptors (Lipinski definition) is 4. The third-order valence-electron chi connectivity index (χ3n) is 4.66. The molecule has 1 aromatic heterocycles. The van der Waals surface area contributed by atoms with Crippen molar-refractivity contribution in [1.82, 2.24) is 14.9 Å². The molecule has 1 aliphatic carbocycles. The number of nitrogens with one attached hydrogen (secondary N) is 1. The highest BCUT2D eigenvalue weighted by Crippen LogP contribution is 2.22. The molecule has 1 amide bonds. The van der Waals surface area contributed by atoms with Gasteiger partial charge >= 0.3 is 0 Å². The Balaban J connectivity index is 1.72. The van der Waals surface area contributed by atoms with Crippen LogP contribution in [0, 0.1) is 5.92 Å². The number of nitrogens with zero attached hydrogens (tertiary/aromatic N) is 3. The molecule has 0 unspecified atom stereocenters. The first-order chi connectivity index (χ1) is 11.0. The van der Waals surface area contributed by atoms with Crippen LogP contribution >= 0.6 is 0 Å². The lowest BCUT2D eigenvalue weighted by atomic mass is 10.0. The molecular weight excluding hydrogens is 292 g/mol. The van der Waals surface area contributed by atoms with Gasteiger partial charge in [-0.05, 0) is 25.2 Å². The Morgan fingerprint density at radius 3 is 2.87 bits per heavy atom. The lowest BCUT2D eigenvalue weighted by Gasteiger charge is -2.21. The molecule has 1 aliphatic heterocycles. The second-order valence-corrected chi connectivity index (χ2v) is 6.56. The van der Waals surface area contributed by atoms with Crippen molar-refractivity contribution in [3.8, 4) is 0 Å². The minimum atomic E-state index is -0.0771. The standard InChI is InChI=1S/C17H24N4O2/c1-20(2)17-18-14-8-10-21(9-7-13(14)16(23)19-17)15(22)11-12-5-3-4-6-12/h3,5,12H,4,6-11H2,1-2H3,(H,18,19,23)/t12-/m1/s1. The summed E-state index contributed by atoms with van der Waals surface area (Å²) in [7, 11) is 3.71. The lowest BCUT2D eigenvalue weighted by Crippen LogP contribution is -2.34. The van der Waals surface area contributed by atoms with Gasteiger partial charge in [-0.15, -0.1) is 0 Å². The summed E-state index contributed by atoms with van der Waals surface area (Å²) in [5.74, 6) is 1.15. The van der Waals surface area contributed by atoms with Crippen molar-refractivity contribution >= 4 is 11.9 Å². The van der Waals surface area contributed by atoms with Gasteiger partial charge in [0.05, 0.1) is 5.69 Å². The Morgan fingerprint density at radius 2 is 2.17 bits per heavy atom. The van der Waals surface area contributed by atoms with Crippen LogP contribution in [-0.4, -0.2) is 48.0 Å². The van der Waals surface area contributed by atoms with E-state index >= 15 is 0 Å². The zero-order valence-electron chi connectivity index (χ0n) is 13.8. The molecule has 0 saturated heterocycles. The highest BCUT2D eigenvalue weighted by molar-refractivity contribution is 5.76. The Hall–Kier alpha value is -2.11. The molecule has 23 heavy (non-hydrogen) atoms. The SMILES string of the molecule is CN(C)c1nc2c(c(=O)[nH]1)CCN(C(=O)C[C@@H]1C=CCC1)CC2. The maximum Gasteiger partial charge on any atom is 0.255 e. The molecular formula is C17H24N4O2. The molecule has 124 valence electrons. The van der Waals surface area contributed by atoms with E-state index in [-0.39, 0.29) is 11.5 Å². The molecule has 1 N–H and O–H groups in total. The first kappa shape index (κ1) is 15.8. The summed E-state index contributed by atoms with van der Waals surface area (Å²) in [6.07, 6.45) is 8.27. The fourth-order valence-corrected chi connectivity index (χ4v) is 3.28. The Labute approximate surface area is 136 Å². The lowest BCUT2D eigenvalue weighted by molar-refractivity contribution is -0.131. The smallest absolute Gasteiger partial charge is 0.255 e. The number of carbonyl (C=O) groups excluding carboxylic acids is 1. The number of aromatic amines is 1. The van der Waals surface area contributed by atoms with E-state index in [0.717, 1.165) is 24.1 Å². The second kappa shape index (κ2) is 6.56. The molecule has 1 atom stereocenters. The Bertz CT molecular complexity index is 678. The van der Waals surface area contributed by atoms with E-state index < -0.39 is 0 Å². The highest BCUT2D eigenvalue weighted by Gasteiger charge is 2.24. The van der Waals surface area contributed by atoms with E-state index in [0.29, 0.717) is 44.2 Å². The molecule has 0 spiro atoms. The molecule has 6 heteroatoms. The normalized spacial score (nSPS) is 20.3. The summed E-state index contributed by atoms with van der Waals surface area (Å²) in [6, 6.07) is 0. The van der Waals surface area contributed by atoms with Crippen molar-refractivity contribution in [3.63, 3.8) is 0 Å². The predicted molar refractivity (Wildman–Crippen MR) is 89.7 cm³/mol. The van der Waals surface area contributed by atoms with E-state index in [4.69, 9.17) is 0 Å². The first-order valence-corrected chi connectivity index (χ1v) is 8.28. The van der Waals surface area contributed by atoms with Crippen LogP contribution < -0.4 is 10.5 Å². The average molecular weight is 316 g/mol. The van der Waals surface area contributed by atoms with Crippen LogP contribution in [-0.2, 0) is 17.6 Å². The molecule has 3 rings (SSSR count). The zero-order chi connectivity index (χ0) is 16.4. The molecule has 0 radical (unpaired) electrons. The molecule has 2 heterocycles. The molecule has 0 fully saturated rings. The molecule has 1 aromatic rings. The third kappa shape index (κ3) is 3.46. The predicted octanol–water partition coefficient (Wildman–Crippen LogP) is 1.12. The van der Waals surface area contributed by atoms with Crippen molar-refractivity contribution in [2.24, 2.45) is 5.92 Å². The number of fused-ring (bicyclic) bond motifs is 1. The van der Waals surface area contributed by atoms with Crippen molar-refractivity contribution < 1.29 is 4.79 Å². The van der Waals surface area contributed by atoms with Gasteiger partial charge < -0.3 is 9.80 Å². The van der Waals surface area contributed by atoms with Gasteiger partial charge in [0.25, 0.3) is 5.56 Å². The van der Waals surface area contributed by atoms with Gasteiger partial charge in [-0.3, -0.25) is 14.6 Å². The summed E-state index contributed by atoms with van der Waals surface area (Å²) in [5, 5.41) is 0. The van der Waals surface area contributed by atoms with Gasteiger partial charge in [0.1, 0.15) is 0 Å². The van der Waals surface area contributed by atoms with Gasteiger partial charge in [-0.2, -0.15) is 0 Å². The Kier molecular flexibility index (Phi) is 4.50. The van der Waals surface area contributed by atoms with E-state index in [1.165, 1.54) is 0 Å². The van der Waals surface area contributed by atoms with Crippen LogP contribution in [0.15, 0.2) is 16.9 Å². The molecule has 0 aromatic carbocycles. The second-order valence-electron chi connectivity index (χ2n) is 6.56. The van der Waals surface area contributed by atoms with Crippen molar-refractivity contribution in [1.29, 1.82) is 0 Å². The summed E-state index contributed by atoms with van der Waals surface area (Å²) in [6.45, 7) is 1.25. The topological polar surface area (TPSA) is 69.3 Å². The summed E-state index contributed by atoms with van der Waals surface area (Å²) >= 11 is 0. The van der Waals surface area contributed by atoms with Crippen molar-refractivity contribution in [2.45, 2.75) is 32.1 Å². The average Bonchev–Trinajstić information content (AvgIpc) is 2.91. The van der Waals surface area contributed by atoms with Crippen molar-refractivity contribution in [2.75, 3.05) is 32.1 Å². The van der Waals surface area contributed by atoms with Gasteiger partial charge in [0, 0.05) is 45.6 Å². The largest absolute Gasteiger partial charge is 0.348 e.